The zero-order valence-corrected chi connectivity index (χ0v) is 20.5. The Bertz CT molecular complexity index is 886. The summed E-state index contributed by atoms with van der Waals surface area (Å²) in [5, 5.41) is 0.318. The van der Waals surface area contributed by atoms with Crippen molar-refractivity contribution >= 4 is 34.7 Å². The van der Waals surface area contributed by atoms with Crippen molar-refractivity contribution in [3.63, 3.8) is 0 Å². The van der Waals surface area contributed by atoms with E-state index in [0.717, 1.165) is 73.0 Å². The van der Waals surface area contributed by atoms with Crippen LogP contribution in [0.25, 0.3) is 5.57 Å². The van der Waals surface area contributed by atoms with Crippen LogP contribution >= 0.6 is 23.4 Å². The maximum atomic E-state index is 13.7. The van der Waals surface area contributed by atoms with Gasteiger partial charge in [-0.25, -0.2) is 0 Å². The highest BCUT2D eigenvalue weighted by atomic mass is 35.5. The van der Waals surface area contributed by atoms with Gasteiger partial charge in [-0.3, -0.25) is 4.79 Å². The zero-order chi connectivity index (χ0) is 22.0. The molecule has 1 aromatic rings. The van der Waals surface area contributed by atoms with Crippen molar-refractivity contribution in [3.05, 3.63) is 50.6 Å². The quantitative estimate of drug-likeness (QED) is 0.479. The molecule has 1 aliphatic carbocycles. The Labute approximate surface area is 195 Å². The number of hydrogen-bond donors (Lipinski definition) is 0. The lowest BCUT2D eigenvalue weighted by Crippen LogP contribution is -2.37. The van der Waals surface area contributed by atoms with E-state index < -0.39 is 0 Å². The van der Waals surface area contributed by atoms with Crippen LogP contribution in [0.5, 0.6) is 0 Å². The summed E-state index contributed by atoms with van der Waals surface area (Å²) in [5.74, 6) is 1.14. The topological polar surface area (TPSA) is 35.5 Å². The Kier molecular flexibility index (Phi) is 7.20. The van der Waals surface area contributed by atoms with E-state index in [4.69, 9.17) is 21.1 Å². The second-order valence-electron chi connectivity index (χ2n) is 9.15. The minimum atomic E-state index is -0.0175. The number of hydrogen-bond acceptors (Lipinski definition) is 4. The predicted octanol–water partition coefficient (Wildman–Crippen LogP) is 6.59. The summed E-state index contributed by atoms with van der Waals surface area (Å²) in [6.07, 6.45) is 8.09. The van der Waals surface area contributed by atoms with Gasteiger partial charge in [0.05, 0.1) is 9.94 Å². The molecule has 2 aliphatic heterocycles. The summed E-state index contributed by atoms with van der Waals surface area (Å²) in [4.78, 5) is 13.7. The van der Waals surface area contributed by atoms with E-state index in [9.17, 15) is 4.79 Å². The Morgan fingerprint density at radius 2 is 1.84 bits per heavy atom. The maximum Gasteiger partial charge on any atom is 0.167 e. The largest absolute Gasteiger partial charge is 0.496 e. The number of rotatable bonds is 6. The molecular weight excluding hydrogens is 428 g/mol. The van der Waals surface area contributed by atoms with Crippen molar-refractivity contribution < 1.29 is 14.3 Å². The molecule has 1 unspecified atom stereocenters. The lowest BCUT2D eigenvalue weighted by molar-refractivity contribution is -0.119. The molecule has 0 saturated carbocycles. The van der Waals surface area contributed by atoms with Crippen LogP contribution < -0.4 is 0 Å². The first-order chi connectivity index (χ1) is 14.9. The highest BCUT2D eigenvalue weighted by Crippen LogP contribution is 2.48. The van der Waals surface area contributed by atoms with Crippen LogP contribution in [-0.4, -0.2) is 30.9 Å². The molecule has 0 aromatic heterocycles. The van der Waals surface area contributed by atoms with E-state index in [1.807, 2.05) is 0 Å². The average molecular weight is 461 g/mol. The molecular formula is C26H33ClO3S. The summed E-state index contributed by atoms with van der Waals surface area (Å²) >= 11 is 7.85. The fourth-order valence-corrected chi connectivity index (χ4v) is 6.54. The molecule has 5 heteroatoms. The zero-order valence-electron chi connectivity index (χ0n) is 18.9. The van der Waals surface area contributed by atoms with Gasteiger partial charge >= 0.3 is 0 Å². The van der Waals surface area contributed by atoms with E-state index in [-0.39, 0.29) is 11.2 Å². The Hall–Kier alpha value is -1.23. The molecule has 1 fully saturated rings. The average Bonchev–Trinajstić information content (AvgIpc) is 3.17. The van der Waals surface area contributed by atoms with Gasteiger partial charge < -0.3 is 9.47 Å². The third-order valence-electron chi connectivity index (χ3n) is 6.90. The molecule has 1 spiro atoms. The Morgan fingerprint density at radius 1 is 1.16 bits per heavy atom. The molecule has 0 radical (unpaired) electrons. The number of thioether (sulfide) groups is 1. The fourth-order valence-electron chi connectivity index (χ4n) is 5.23. The molecule has 1 saturated heterocycles. The molecule has 31 heavy (non-hydrogen) atoms. The van der Waals surface area contributed by atoms with Crippen LogP contribution in [-0.2, 0) is 27.1 Å². The normalized spacial score (nSPS) is 23.4. The SMILES string of the molecule is CCc1cc(C)cc(CC)c1C1=C(OCC2CC=C(Cl)S2)CC2(CCOCC2)CC1=O. The van der Waals surface area contributed by atoms with Crippen molar-refractivity contribution in [3.8, 4) is 0 Å². The third-order valence-corrected chi connectivity index (χ3v) is 8.38. The van der Waals surface area contributed by atoms with Gasteiger partial charge in [-0.1, -0.05) is 49.2 Å². The monoisotopic (exact) mass is 460 g/mol. The number of Topliss-reactive ketones (excluding diaryl/α,β-unsaturated/α-hetero) is 1. The van der Waals surface area contributed by atoms with E-state index in [1.54, 1.807) is 11.8 Å². The standard InChI is InChI=1S/C26H33ClO3S/c1-4-18-12-17(3)13-19(5-2)24(18)25-21(28)14-26(8-10-29-11-9-26)15-22(25)30-16-20-6-7-23(27)31-20/h7,12-13,20H,4-6,8-11,14-16H2,1-3H3. The van der Waals surface area contributed by atoms with Crippen LogP contribution in [0.4, 0.5) is 0 Å². The van der Waals surface area contributed by atoms with Gasteiger partial charge in [0.2, 0.25) is 0 Å². The number of allylic oxidation sites excluding steroid dienone is 3. The summed E-state index contributed by atoms with van der Waals surface area (Å²) < 4.78 is 13.0. The summed E-state index contributed by atoms with van der Waals surface area (Å²) in [5.41, 5.74) is 5.72. The van der Waals surface area contributed by atoms with Crippen LogP contribution in [0.3, 0.4) is 0 Å². The van der Waals surface area contributed by atoms with Crippen LogP contribution in [0, 0.1) is 12.3 Å². The lowest BCUT2D eigenvalue weighted by atomic mass is 9.67. The van der Waals surface area contributed by atoms with Crippen LogP contribution in [0.2, 0.25) is 0 Å². The highest BCUT2D eigenvalue weighted by molar-refractivity contribution is 8.05. The van der Waals surface area contributed by atoms with Crippen molar-refractivity contribution in [2.24, 2.45) is 5.41 Å². The van der Waals surface area contributed by atoms with Crippen LogP contribution in [0.1, 0.15) is 68.2 Å². The first-order valence-electron chi connectivity index (χ1n) is 11.6. The molecule has 1 aromatic carbocycles. The molecule has 3 aliphatic rings. The minimum Gasteiger partial charge on any atom is -0.496 e. The molecule has 0 amide bonds. The second kappa shape index (κ2) is 9.72. The van der Waals surface area contributed by atoms with Gasteiger partial charge in [-0.15, -0.1) is 11.8 Å². The second-order valence-corrected chi connectivity index (χ2v) is 11.1. The molecule has 3 nitrogen and oxygen atoms in total. The molecule has 2 heterocycles. The van der Waals surface area contributed by atoms with E-state index in [0.29, 0.717) is 18.3 Å². The number of halogens is 1. The Morgan fingerprint density at radius 3 is 2.42 bits per heavy atom. The molecule has 4 rings (SSSR count). The number of benzene rings is 1. The van der Waals surface area contributed by atoms with E-state index >= 15 is 0 Å². The lowest BCUT2D eigenvalue weighted by Gasteiger charge is -2.41. The molecule has 168 valence electrons. The summed E-state index contributed by atoms with van der Waals surface area (Å²) in [6, 6.07) is 4.48. The summed E-state index contributed by atoms with van der Waals surface area (Å²) in [7, 11) is 0. The summed E-state index contributed by atoms with van der Waals surface area (Å²) in [6.45, 7) is 8.55. The van der Waals surface area contributed by atoms with Crippen molar-refractivity contribution in [2.75, 3.05) is 19.8 Å². The minimum absolute atomic E-state index is 0.0175. The predicted molar refractivity (Wildman–Crippen MR) is 129 cm³/mol. The van der Waals surface area contributed by atoms with E-state index in [2.05, 4.69) is 39.0 Å². The Balaban J connectivity index is 1.75. The number of ketones is 1. The number of carbonyl (C=O) groups is 1. The molecule has 0 bridgehead atoms. The van der Waals surface area contributed by atoms with Crippen molar-refractivity contribution in [1.82, 2.24) is 0 Å². The molecule has 1 atom stereocenters. The van der Waals surface area contributed by atoms with Crippen molar-refractivity contribution in [2.45, 2.75) is 71.0 Å². The van der Waals surface area contributed by atoms with Gasteiger partial charge in [-0.05, 0) is 61.1 Å². The van der Waals surface area contributed by atoms with Gasteiger partial charge in [0, 0.05) is 31.3 Å². The smallest absolute Gasteiger partial charge is 0.167 e. The van der Waals surface area contributed by atoms with E-state index in [1.165, 1.54) is 16.7 Å². The van der Waals surface area contributed by atoms with Gasteiger partial charge in [0.15, 0.2) is 5.78 Å². The first kappa shape index (κ1) is 22.9. The van der Waals surface area contributed by atoms with Crippen molar-refractivity contribution in [1.29, 1.82) is 0 Å². The number of carbonyl (C=O) groups excluding carboxylic acids is 1. The third kappa shape index (κ3) is 4.91. The number of ether oxygens (including phenoxy) is 2. The fraction of sp³-hybridized carbons (Fsp3) is 0.577. The highest BCUT2D eigenvalue weighted by Gasteiger charge is 2.43. The van der Waals surface area contributed by atoms with Crippen LogP contribution in [0.15, 0.2) is 28.3 Å². The number of aryl methyl sites for hydroxylation is 3. The first-order valence-corrected chi connectivity index (χ1v) is 12.8. The van der Waals surface area contributed by atoms with Gasteiger partial charge in [0.25, 0.3) is 0 Å². The van der Waals surface area contributed by atoms with Gasteiger partial charge in [-0.2, -0.15) is 0 Å². The van der Waals surface area contributed by atoms with Gasteiger partial charge in [0.1, 0.15) is 12.4 Å². The molecule has 0 N–H and O–H groups in total. The maximum absolute atomic E-state index is 13.7.